The Morgan fingerprint density at radius 3 is 2.60 bits per heavy atom. The van der Waals surface area contributed by atoms with E-state index in [2.05, 4.69) is 36.0 Å². The molecule has 0 aliphatic heterocycles. The summed E-state index contributed by atoms with van der Waals surface area (Å²) in [6, 6.07) is 4.34. The third-order valence-corrected chi connectivity index (χ3v) is 4.24. The molecule has 2 rings (SSSR count). The first-order chi connectivity index (χ1) is 9.42. The minimum Gasteiger partial charge on any atom is -0.307 e. The standard InChI is InChI=1S/C10H9BrClN5O2S/c11-6-3-8(10(16-13)15-4-6)20(18,19)17-9-2-1-7(12)5-14-9/h1-5H,13H2,(H,14,17)(H,15,16). The molecule has 0 saturated carbocycles. The van der Waals surface area contributed by atoms with E-state index in [-0.39, 0.29) is 16.5 Å². The van der Waals surface area contributed by atoms with E-state index in [0.29, 0.717) is 9.50 Å². The van der Waals surface area contributed by atoms with Gasteiger partial charge < -0.3 is 5.43 Å². The first-order valence-electron chi connectivity index (χ1n) is 5.19. The van der Waals surface area contributed by atoms with Crippen LogP contribution >= 0.6 is 27.5 Å². The highest BCUT2D eigenvalue weighted by Crippen LogP contribution is 2.24. The Kier molecular flexibility index (Phi) is 4.43. The molecule has 2 aromatic heterocycles. The molecule has 0 bridgehead atoms. The lowest BCUT2D eigenvalue weighted by molar-refractivity contribution is 0.601. The summed E-state index contributed by atoms with van der Waals surface area (Å²) < 4.78 is 27.4. The van der Waals surface area contributed by atoms with Gasteiger partial charge in [-0.2, -0.15) is 0 Å². The highest BCUT2D eigenvalue weighted by Gasteiger charge is 2.20. The SMILES string of the molecule is NNc1ncc(Br)cc1S(=O)(=O)Nc1ccc(Cl)cn1. The van der Waals surface area contributed by atoms with Gasteiger partial charge in [0.25, 0.3) is 10.0 Å². The van der Waals surface area contributed by atoms with Gasteiger partial charge in [-0.3, -0.25) is 4.72 Å². The molecule has 0 atom stereocenters. The van der Waals surface area contributed by atoms with E-state index in [4.69, 9.17) is 17.4 Å². The van der Waals surface area contributed by atoms with E-state index in [1.807, 2.05) is 0 Å². The number of nitrogens with one attached hydrogen (secondary N) is 2. The Labute approximate surface area is 128 Å². The van der Waals surface area contributed by atoms with Crippen LogP contribution in [0.3, 0.4) is 0 Å². The predicted octanol–water partition coefficient (Wildman–Crippen LogP) is 1.98. The summed E-state index contributed by atoms with van der Waals surface area (Å²) in [4.78, 5) is 7.63. The molecule has 106 valence electrons. The van der Waals surface area contributed by atoms with Crippen LogP contribution in [0, 0.1) is 0 Å². The van der Waals surface area contributed by atoms with Gasteiger partial charge in [0, 0.05) is 16.9 Å². The quantitative estimate of drug-likeness (QED) is 0.554. The zero-order valence-electron chi connectivity index (χ0n) is 9.84. The Hall–Kier alpha value is -1.42. The van der Waals surface area contributed by atoms with Crippen LogP contribution in [-0.2, 0) is 10.0 Å². The minimum atomic E-state index is -3.88. The molecule has 0 spiro atoms. The number of sulfonamides is 1. The first kappa shape index (κ1) is 15.0. The summed E-state index contributed by atoms with van der Waals surface area (Å²) in [5, 5.41) is 0.404. The molecule has 4 N–H and O–H groups in total. The molecule has 0 saturated heterocycles. The van der Waals surface area contributed by atoms with Gasteiger partial charge in [-0.25, -0.2) is 24.2 Å². The van der Waals surface area contributed by atoms with Crippen LogP contribution in [0.5, 0.6) is 0 Å². The van der Waals surface area contributed by atoms with Gasteiger partial charge in [0.1, 0.15) is 10.7 Å². The highest BCUT2D eigenvalue weighted by molar-refractivity contribution is 9.10. The summed E-state index contributed by atoms with van der Waals surface area (Å²) in [5.41, 5.74) is 2.23. The average Bonchev–Trinajstić information content (AvgIpc) is 2.41. The number of hydrogen-bond donors (Lipinski definition) is 3. The molecule has 0 aromatic carbocycles. The van der Waals surface area contributed by atoms with Crippen molar-refractivity contribution in [2.75, 3.05) is 10.1 Å². The monoisotopic (exact) mass is 377 g/mol. The van der Waals surface area contributed by atoms with E-state index in [0.717, 1.165) is 0 Å². The maximum Gasteiger partial charge on any atom is 0.266 e. The summed E-state index contributed by atoms with van der Waals surface area (Å²) in [5.74, 6) is 5.42. The number of hydrazine groups is 1. The number of nitrogens with zero attached hydrogens (tertiary/aromatic N) is 2. The summed E-state index contributed by atoms with van der Waals surface area (Å²) >= 11 is 8.84. The molecular weight excluding hydrogens is 370 g/mol. The number of aromatic nitrogens is 2. The van der Waals surface area contributed by atoms with Crippen LogP contribution in [0.15, 0.2) is 40.0 Å². The fourth-order valence-corrected chi connectivity index (χ4v) is 3.11. The number of nitrogens with two attached hydrogens (primary N) is 1. The van der Waals surface area contributed by atoms with Gasteiger partial charge in [0.05, 0.1) is 5.02 Å². The van der Waals surface area contributed by atoms with Crippen molar-refractivity contribution in [3.63, 3.8) is 0 Å². The molecule has 0 amide bonds. The number of pyridine rings is 2. The number of rotatable bonds is 4. The smallest absolute Gasteiger partial charge is 0.266 e. The first-order valence-corrected chi connectivity index (χ1v) is 7.84. The number of nitrogen functional groups attached to an aromatic ring is 1. The van der Waals surface area contributed by atoms with Gasteiger partial charge in [0.2, 0.25) is 0 Å². The van der Waals surface area contributed by atoms with E-state index < -0.39 is 10.0 Å². The van der Waals surface area contributed by atoms with E-state index in [1.165, 1.54) is 30.6 Å². The van der Waals surface area contributed by atoms with Gasteiger partial charge in [-0.15, -0.1) is 0 Å². The second kappa shape index (κ2) is 5.92. The zero-order valence-corrected chi connectivity index (χ0v) is 13.0. The van der Waals surface area contributed by atoms with E-state index in [1.54, 1.807) is 0 Å². The van der Waals surface area contributed by atoms with Crippen molar-refractivity contribution in [1.82, 2.24) is 9.97 Å². The topological polar surface area (TPSA) is 110 Å². The summed E-state index contributed by atoms with van der Waals surface area (Å²) in [6.45, 7) is 0. The molecule has 2 heterocycles. The van der Waals surface area contributed by atoms with Crippen LogP contribution in [0.2, 0.25) is 5.02 Å². The van der Waals surface area contributed by atoms with Gasteiger partial charge in [-0.1, -0.05) is 11.6 Å². The average molecular weight is 379 g/mol. The normalized spacial score (nSPS) is 11.2. The van der Waals surface area contributed by atoms with Crippen molar-refractivity contribution in [3.8, 4) is 0 Å². The van der Waals surface area contributed by atoms with E-state index >= 15 is 0 Å². The largest absolute Gasteiger partial charge is 0.307 e. The van der Waals surface area contributed by atoms with Crippen molar-refractivity contribution in [2.45, 2.75) is 4.90 Å². The summed E-state index contributed by atoms with van der Waals surface area (Å²) in [6.07, 6.45) is 2.76. The van der Waals surface area contributed by atoms with Gasteiger partial charge >= 0.3 is 0 Å². The molecule has 0 radical (unpaired) electrons. The van der Waals surface area contributed by atoms with Crippen LogP contribution in [0.4, 0.5) is 11.6 Å². The predicted molar refractivity (Wildman–Crippen MR) is 79.8 cm³/mol. The lowest BCUT2D eigenvalue weighted by Crippen LogP contribution is -2.19. The second-order valence-electron chi connectivity index (χ2n) is 3.61. The number of hydrogen-bond acceptors (Lipinski definition) is 6. The lowest BCUT2D eigenvalue weighted by atomic mass is 10.5. The third kappa shape index (κ3) is 3.37. The Morgan fingerprint density at radius 2 is 2.00 bits per heavy atom. The van der Waals surface area contributed by atoms with Crippen LogP contribution in [0.1, 0.15) is 0 Å². The van der Waals surface area contributed by atoms with Crippen LogP contribution in [-0.4, -0.2) is 18.4 Å². The maximum absolute atomic E-state index is 12.3. The Morgan fingerprint density at radius 1 is 1.25 bits per heavy atom. The van der Waals surface area contributed by atoms with Crippen molar-refractivity contribution >= 4 is 49.2 Å². The maximum atomic E-state index is 12.3. The molecule has 0 fully saturated rings. The molecule has 0 aliphatic carbocycles. The van der Waals surface area contributed by atoms with Crippen molar-refractivity contribution in [2.24, 2.45) is 5.84 Å². The lowest BCUT2D eigenvalue weighted by Gasteiger charge is -2.11. The fraction of sp³-hybridized carbons (Fsp3) is 0. The second-order valence-corrected chi connectivity index (χ2v) is 6.61. The molecule has 0 aliphatic rings. The molecule has 10 heteroatoms. The van der Waals surface area contributed by atoms with Crippen molar-refractivity contribution < 1.29 is 8.42 Å². The summed E-state index contributed by atoms with van der Waals surface area (Å²) in [7, 11) is -3.88. The number of halogens is 2. The molecule has 0 unspecified atom stereocenters. The molecular formula is C10H9BrClN5O2S. The fourth-order valence-electron chi connectivity index (χ4n) is 1.36. The van der Waals surface area contributed by atoms with Gasteiger partial charge in [-0.05, 0) is 34.1 Å². The molecule has 20 heavy (non-hydrogen) atoms. The highest BCUT2D eigenvalue weighted by atomic mass is 79.9. The minimum absolute atomic E-state index is 0.0228. The number of anilines is 2. The zero-order chi connectivity index (χ0) is 14.8. The van der Waals surface area contributed by atoms with Crippen LogP contribution < -0.4 is 16.0 Å². The van der Waals surface area contributed by atoms with Crippen molar-refractivity contribution in [1.29, 1.82) is 0 Å². The Bertz CT molecular complexity index is 723. The molecule has 7 nitrogen and oxygen atoms in total. The van der Waals surface area contributed by atoms with E-state index in [9.17, 15) is 8.42 Å². The van der Waals surface area contributed by atoms with Crippen LogP contribution in [0.25, 0.3) is 0 Å². The molecule has 2 aromatic rings. The third-order valence-electron chi connectivity index (χ3n) is 2.21. The Balaban J connectivity index is 2.40. The van der Waals surface area contributed by atoms with Gasteiger partial charge in [0.15, 0.2) is 5.82 Å². The van der Waals surface area contributed by atoms with Crippen molar-refractivity contribution in [3.05, 3.63) is 40.1 Å².